The highest BCUT2D eigenvalue weighted by molar-refractivity contribution is 5.44. The van der Waals surface area contributed by atoms with Gasteiger partial charge in [0.15, 0.2) is 0 Å². The fourth-order valence-electron chi connectivity index (χ4n) is 1.84. The predicted octanol–water partition coefficient (Wildman–Crippen LogP) is 3.80. The Bertz CT molecular complexity index is 684. The number of rotatable bonds is 2. The fraction of sp³-hybridized carbons (Fsp3) is 0.286. The van der Waals surface area contributed by atoms with E-state index in [1.54, 1.807) is 6.07 Å². The van der Waals surface area contributed by atoms with Crippen LogP contribution < -0.4 is 10.5 Å². The number of alkyl halides is 3. The van der Waals surface area contributed by atoms with E-state index >= 15 is 0 Å². The maximum absolute atomic E-state index is 12.7. The van der Waals surface area contributed by atoms with Gasteiger partial charge >= 0.3 is 6.18 Å². The average molecular weight is 297 g/mol. The molecule has 7 heteroatoms. The van der Waals surface area contributed by atoms with E-state index in [2.05, 4.69) is 9.97 Å². The molecular formula is C14H14F3N3O. The Morgan fingerprint density at radius 2 is 1.71 bits per heavy atom. The molecule has 0 unspecified atom stereocenters. The number of nitrogen functional groups attached to an aromatic ring is 1. The first kappa shape index (κ1) is 15.1. The molecule has 0 aliphatic heterocycles. The van der Waals surface area contributed by atoms with Gasteiger partial charge in [0.2, 0.25) is 11.7 Å². The summed E-state index contributed by atoms with van der Waals surface area (Å²) in [6.45, 7) is 5.58. The molecule has 1 aromatic heterocycles. The zero-order valence-electron chi connectivity index (χ0n) is 11.7. The minimum Gasteiger partial charge on any atom is -0.439 e. The molecule has 2 rings (SSSR count). The van der Waals surface area contributed by atoms with Gasteiger partial charge in [0.25, 0.3) is 0 Å². The van der Waals surface area contributed by atoms with Gasteiger partial charge in [-0.3, -0.25) is 0 Å². The summed E-state index contributed by atoms with van der Waals surface area (Å²) in [4.78, 5) is 6.53. The molecule has 2 N–H and O–H groups in total. The van der Waals surface area contributed by atoms with Gasteiger partial charge < -0.3 is 10.5 Å². The normalized spacial score (nSPS) is 11.5. The van der Waals surface area contributed by atoms with Gasteiger partial charge in [-0.25, -0.2) is 4.98 Å². The highest BCUT2D eigenvalue weighted by atomic mass is 19.4. The van der Waals surface area contributed by atoms with Crippen molar-refractivity contribution in [1.29, 1.82) is 0 Å². The van der Waals surface area contributed by atoms with Crippen LogP contribution in [0.4, 0.5) is 19.0 Å². The summed E-state index contributed by atoms with van der Waals surface area (Å²) >= 11 is 0. The largest absolute Gasteiger partial charge is 0.451 e. The Morgan fingerprint density at radius 3 is 2.33 bits per heavy atom. The number of aromatic nitrogens is 2. The van der Waals surface area contributed by atoms with Crippen LogP contribution in [-0.4, -0.2) is 9.97 Å². The summed E-state index contributed by atoms with van der Waals surface area (Å²) in [6, 6.07) is 4.85. The lowest BCUT2D eigenvalue weighted by Crippen LogP contribution is -2.13. The molecule has 0 radical (unpaired) electrons. The van der Waals surface area contributed by atoms with Crippen LogP contribution in [0.15, 0.2) is 18.2 Å². The van der Waals surface area contributed by atoms with Crippen molar-refractivity contribution in [3.8, 4) is 11.6 Å². The number of hydrogen-bond donors (Lipinski definition) is 1. The Morgan fingerprint density at radius 1 is 1.05 bits per heavy atom. The van der Waals surface area contributed by atoms with E-state index in [0.717, 1.165) is 22.8 Å². The van der Waals surface area contributed by atoms with Gasteiger partial charge in [0.1, 0.15) is 11.6 Å². The standard InChI is InChI=1S/C14H14F3N3O/c1-7-4-8(2)9(3)10(5-7)21-12-6-11(18)19-13(20-12)14(15,16)17/h4-6H,1-3H3,(H2,18,19,20). The van der Waals surface area contributed by atoms with Gasteiger partial charge in [-0.15, -0.1) is 0 Å². The minimum absolute atomic E-state index is 0.233. The number of nitrogens with two attached hydrogens (primary N) is 1. The quantitative estimate of drug-likeness (QED) is 0.916. The third kappa shape index (κ3) is 3.42. The van der Waals surface area contributed by atoms with Crippen molar-refractivity contribution in [2.75, 3.05) is 5.73 Å². The van der Waals surface area contributed by atoms with Crippen molar-refractivity contribution in [3.63, 3.8) is 0 Å². The minimum atomic E-state index is -4.68. The summed E-state index contributed by atoms with van der Waals surface area (Å²) in [5.74, 6) is -1.41. The highest BCUT2D eigenvalue weighted by Gasteiger charge is 2.35. The van der Waals surface area contributed by atoms with E-state index < -0.39 is 12.0 Å². The Labute approximate surface area is 119 Å². The molecule has 4 nitrogen and oxygen atoms in total. The second-order valence-electron chi connectivity index (χ2n) is 4.76. The molecule has 2 aromatic rings. The second-order valence-corrected chi connectivity index (χ2v) is 4.76. The summed E-state index contributed by atoms with van der Waals surface area (Å²) in [5.41, 5.74) is 8.11. The number of hydrogen-bond acceptors (Lipinski definition) is 4. The van der Waals surface area contributed by atoms with Crippen LogP contribution in [0.3, 0.4) is 0 Å². The molecule has 0 amide bonds. The summed E-state index contributed by atoms with van der Waals surface area (Å²) in [6.07, 6.45) is -4.68. The van der Waals surface area contributed by atoms with E-state index in [1.807, 2.05) is 26.8 Å². The van der Waals surface area contributed by atoms with E-state index in [0.29, 0.717) is 5.75 Å². The third-order valence-corrected chi connectivity index (χ3v) is 2.95. The van der Waals surface area contributed by atoms with Gasteiger partial charge in [0.05, 0.1) is 0 Å². The number of aryl methyl sites for hydroxylation is 2. The summed E-state index contributed by atoms with van der Waals surface area (Å²) in [7, 11) is 0. The molecule has 1 heterocycles. The molecule has 0 saturated carbocycles. The highest BCUT2D eigenvalue weighted by Crippen LogP contribution is 2.31. The fourth-order valence-corrected chi connectivity index (χ4v) is 1.84. The van der Waals surface area contributed by atoms with Gasteiger partial charge in [-0.2, -0.15) is 18.2 Å². The number of nitrogens with zero attached hydrogens (tertiary/aromatic N) is 2. The SMILES string of the molecule is Cc1cc(C)c(C)c(Oc2cc(N)nc(C(F)(F)F)n2)c1. The molecule has 1 aromatic carbocycles. The van der Waals surface area contributed by atoms with Crippen molar-refractivity contribution >= 4 is 5.82 Å². The first-order valence-corrected chi connectivity index (χ1v) is 6.14. The van der Waals surface area contributed by atoms with Crippen LogP contribution in [0, 0.1) is 20.8 Å². The Hall–Kier alpha value is -2.31. The summed E-state index contributed by atoms with van der Waals surface area (Å²) < 4.78 is 43.4. The molecule has 0 spiro atoms. The van der Waals surface area contributed by atoms with Crippen LogP contribution in [0.2, 0.25) is 0 Å². The molecule has 0 saturated heterocycles. The van der Waals surface area contributed by atoms with Crippen LogP contribution in [-0.2, 0) is 6.18 Å². The molecule has 0 aliphatic carbocycles. The number of benzene rings is 1. The second kappa shape index (κ2) is 5.23. The Kier molecular flexibility index (Phi) is 3.76. The summed E-state index contributed by atoms with van der Waals surface area (Å²) in [5, 5.41) is 0. The van der Waals surface area contributed by atoms with Crippen LogP contribution in [0.5, 0.6) is 11.6 Å². The maximum atomic E-state index is 12.7. The van der Waals surface area contributed by atoms with Crippen molar-refractivity contribution < 1.29 is 17.9 Å². The lowest BCUT2D eigenvalue weighted by Gasteiger charge is -2.13. The third-order valence-electron chi connectivity index (χ3n) is 2.95. The zero-order valence-corrected chi connectivity index (χ0v) is 11.7. The van der Waals surface area contributed by atoms with E-state index in [9.17, 15) is 13.2 Å². The van der Waals surface area contributed by atoms with Gasteiger partial charge in [-0.1, -0.05) is 6.07 Å². The molecule has 112 valence electrons. The molecule has 21 heavy (non-hydrogen) atoms. The topological polar surface area (TPSA) is 61.0 Å². The maximum Gasteiger partial charge on any atom is 0.451 e. The van der Waals surface area contributed by atoms with E-state index in [-0.39, 0.29) is 11.7 Å². The van der Waals surface area contributed by atoms with Crippen LogP contribution >= 0.6 is 0 Å². The molecule has 0 bridgehead atoms. The lowest BCUT2D eigenvalue weighted by atomic mass is 10.1. The van der Waals surface area contributed by atoms with E-state index in [4.69, 9.17) is 10.5 Å². The number of ether oxygens (including phenoxy) is 1. The number of anilines is 1. The molecule has 0 atom stereocenters. The molecule has 0 fully saturated rings. The monoisotopic (exact) mass is 297 g/mol. The van der Waals surface area contributed by atoms with Crippen molar-refractivity contribution in [2.24, 2.45) is 0 Å². The first-order valence-electron chi connectivity index (χ1n) is 6.14. The molecule has 0 aliphatic rings. The van der Waals surface area contributed by atoms with Crippen LogP contribution in [0.25, 0.3) is 0 Å². The van der Waals surface area contributed by atoms with Crippen molar-refractivity contribution in [2.45, 2.75) is 26.9 Å². The smallest absolute Gasteiger partial charge is 0.439 e. The lowest BCUT2D eigenvalue weighted by molar-refractivity contribution is -0.145. The average Bonchev–Trinajstić information content (AvgIpc) is 2.33. The Balaban J connectivity index is 2.43. The molecular weight excluding hydrogens is 283 g/mol. The van der Waals surface area contributed by atoms with Crippen molar-refractivity contribution in [3.05, 3.63) is 40.7 Å². The van der Waals surface area contributed by atoms with Gasteiger partial charge in [-0.05, 0) is 43.5 Å². The zero-order chi connectivity index (χ0) is 15.8. The van der Waals surface area contributed by atoms with Gasteiger partial charge in [0, 0.05) is 6.07 Å². The van der Waals surface area contributed by atoms with E-state index in [1.165, 1.54) is 0 Å². The van der Waals surface area contributed by atoms with Crippen LogP contribution in [0.1, 0.15) is 22.5 Å². The number of halogens is 3. The van der Waals surface area contributed by atoms with Crippen molar-refractivity contribution in [1.82, 2.24) is 9.97 Å². The first-order chi connectivity index (χ1) is 9.66. The predicted molar refractivity (Wildman–Crippen MR) is 72.2 cm³/mol.